The minimum atomic E-state index is -0.649. The van der Waals surface area contributed by atoms with Crippen LogP contribution < -0.4 is 5.32 Å². The zero-order chi connectivity index (χ0) is 24.6. The molecule has 4 aromatic rings. The van der Waals surface area contributed by atoms with Gasteiger partial charge in [-0.05, 0) is 50.1 Å². The van der Waals surface area contributed by atoms with Crippen LogP contribution >= 0.6 is 11.8 Å². The molecule has 0 fully saturated rings. The average molecular weight is 493 g/mol. The first kappa shape index (κ1) is 23.1. The molecule has 0 aliphatic carbocycles. The molecule has 3 heterocycles. The van der Waals surface area contributed by atoms with E-state index in [4.69, 9.17) is 9.84 Å². The van der Waals surface area contributed by atoms with Crippen molar-refractivity contribution < 1.29 is 13.9 Å². The Hall–Kier alpha value is -3.66. The van der Waals surface area contributed by atoms with E-state index in [1.165, 1.54) is 23.9 Å². The first-order chi connectivity index (χ1) is 16.8. The minimum Gasteiger partial charge on any atom is -0.444 e. The molecule has 0 saturated heterocycles. The highest BCUT2D eigenvalue weighted by Crippen LogP contribution is 2.29. The van der Waals surface area contributed by atoms with Crippen molar-refractivity contribution in [1.29, 1.82) is 0 Å². The first-order valence-electron chi connectivity index (χ1n) is 11.2. The van der Waals surface area contributed by atoms with Gasteiger partial charge in [0.05, 0.1) is 11.8 Å². The number of thioether (sulfide) groups is 1. The van der Waals surface area contributed by atoms with Crippen LogP contribution in [-0.4, -0.2) is 43.0 Å². The van der Waals surface area contributed by atoms with Gasteiger partial charge in [0.1, 0.15) is 11.4 Å². The number of halogens is 1. The van der Waals surface area contributed by atoms with Gasteiger partial charge < -0.3 is 15.0 Å². The van der Waals surface area contributed by atoms with Crippen molar-refractivity contribution >= 4 is 34.5 Å². The molecule has 0 saturated carbocycles. The number of nitrogens with zero attached hydrogens (tertiary/aromatic N) is 4. The van der Waals surface area contributed by atoms with Crippen molar-refractivity contribution in [2.45, 2.75) is 44.0 Å². The number of hydrogen-bond acceptors (Lipinski definition) is 6. The maximum Gasteiger partial charge on any atom is 0.408 e. The molecule has 1 unspecified atom stereocenters. The lowest BCUT2D eigenvalue weighted by molar-refractivity contribution is 0.0500. The number of aromatic nitrogens is 4. The van der Waals surface area contributed by atoms with E-state index < -0.39 is 17.7 Å². The van der Waals surface area contributed by atoms with Gasteiger partial charge in [-0.1, -0.05) is 42.1 Å². The molecule has 1 aliphatic heterocycles. The number of benzene rings is 2. The zero-order valence-corrected chi connectivity index (χ0v) is 20.4. The number of fused-ring (bicyclic) bond motifs is 2. The van der Waals surface area contributed by atoms with E-state index in [0.29, 0.717) is 23.2 Å². The predicted octanol–water partition coefficient (Wildman–Crippen LogP) is 5.07. The summed E-state index contributed by atoms with van der Waals surface area (Å²) in [4.78, 5) is 16.0. The summed E-state index contributed by atoms with van der Waals surface area (Å²) < 4.78 is 20.6. The molecule has 2 aromatic heterocycles. The maximum atomic E-state index is 13.4. The summed E-state index contributed by atoms with van der Waals surface area (Å²) in [6.45, 7) is 5.45. The Morgan fingerprint density at radius 3 is 2.74 bits per heavy atom. The fraction of sp³-hybridized carbons (Fsp3) is 0.280. The molecule has 10 heteroatoms. The molecular formula is C25H25FN6O2S. The lowest BCUT2D eigenvalue weighted by Crippen LogP contribution is -2.37. The van der Waals surface area contributed by atoms with Gasteiger partial charge in [-0.15, -0.1) is 10.2 Å². The lowest BCUT2D eigenvalue weighted by atomic mass is 10.0. The second-order valence-corrected chi connectivity index (χ2v) is 10.2. The number of H-pyrrole nitrogens is 1. The van der Waals surface area contributed by atoms with Crippen LogP contribution in [-0.2, 0) is 11.2 Å². The van der Waals surface area contributed by atoms with Crippen molar-refractivity contribution in [3.8, 4) is 0 Å². The SMILES string of the molecule is CC(C)(C)OC(=O)NC(Cc1c[nH]c2ccccc12)c1nnc2n1N=C(c1ccc(F)cc1)CS2. The highest BCUT2D eigenvalue weighted by Gasteiger charge is 2.29. The van der Waals surface area contributed by atoms with E-state index >= 15 is 0 Å². The second kappa shape index (κ2) is 9.18. The van der Waals surface area contributed by atoms with E-state index in [1.54, 1.807) is 16.8 Å². The van der Waals surface area contributed by atoms with Crippen molar-refractivity contribution in [2.24, 2.45) is 5.10 Å². The smallest absolute Gasteiger partial charge is 0.408 e. The number of para-hydroxylation sites is 1. The predicted molar refractivity (Wildman–Crippen MR) is 133 cm³/mol. The van der Waals surface area contributed by atoms with Crippen molar-refractivity contribution in [3.63, 3.8) is 0 Å². The van der Waals surface area contributed by atoms with Gasteiger partial charge in [-0.25, -0.2) is 9.18 Å². The number of carbonyl (C=O) groups excluding carboxylic acids is 1. The third kappa shape index (κ3) is 5.07. The minimum absolute atomic E-state index is 0.302. The normalized spacial score (nSPS) is 14.3. The van der Waals surface area contributed by atoms with Crippen LogP contribution in [0.3, 0.4) is 0 Å². The molecule has 8 nitrogen and oxygen atoms in total. The van der Waals surface area contributed by atoms with Crippen molar-refractivity contribution in [1.82, 2.24) is 25.2 Å². The van der Waals surface area contributed by atoms with E-state index in [-0.39, 0.29) is 5.82 Å². The Labute approximate surface area is 206 Å². The Morgan fingerprint density at radius 1 is 1.20 bits per heavy atom. The fourth-order valence-electron chi connectivity index (χ4n) is 3.92. The van der Waals surface area contributed by atoms with E-state index in [0.717, 1.165) is 27.7 Å². The molecule has 2 N–H and O–H groups in total. The summed E-state index contributed by atoms with van der Waals surface area (Å²) in [5.74, 6) is 0.767. The second-order valence-electron chi connectivity index (χ2n) is 9.26. The molecule has 180 valence electrons. The molecule has 35 heavy (non-hydrogen) atoms. The number of nitrogens with one attached hydrogen (secondary N) is 2. The highest BCUT2D eigenvalue weighted by atomic mass is 32.2. The van der Waals surface area contributed by atoms with Crippen LogP contribution in [0, 0.1) is 5.82 Å². The lowest BCUT2D eigenvalue weighted by Gasteiger charge is -2.23. The molecule has 0 radical (unpaired) electrons. The van der Waals surface area contributed by atoms with Crippen LogP contribution in [0.5, 0.6) is 0 Å². The largest absolute Gasteiger partial charge is 0.444 e. The molecule has 5 rings (SSSR count). The standard InChI is InChI=1S/C25H25FN6O2S/c1-25(2,3)34-24(33)28-20(12-16-13-27-19-7-5-4-6-18(16)19)22-29-30-23-32(22)31-21(14-35-23)15-8-10-17(26)11-9-15/h4-11,13,20,27H,12,14H2,1-3H3,(H,28,33). The monoisotopic (exact) mass is 492 g/mol. The Balaban J connectivity index is 1.51. The molecular weight excluding hydrogens is 467 g/mol. The summed E-state index contributed by atoms with van der Waals surface area (Å²) in [7, 11) is 0. The fourth-order valence-corrected chi connectivity index (χ4v) is 4.77. The van der Waals surface area contributed by atoms with Gasteiger partial charge in [-0.2, -0.15) is 9.78 Å². The summed E-state index contributed by atoms with van der Waals surface area (Å²) in [6, 6.07) is 13.7. The van der Waals surface area contributed by atoms with Gasteiger partial charge in [0, 0.05) is 29.3 Å². The van der Waals surface area contributed by atoms with Gasteiger partial charge in [0.15, 0.2) is 5.82 Å². The van der Waals surface area contributed by atoms with E-state index in [9.17, 15) is 9.18 Å². The van der Waals surface area contributed by atoms with Gasteiger partial charge >= 0.3 is 6.09 Å². The summed E-state index contributed by atoms with van der Waals surface area (Å²) in [6.07, 6.45) is 1.84. The quantitative estimate of drug-likeness (QED) is 0.406. The summed E-state index contributed by atoms with van der Waals surface area (Å²) in [5, 5.41) is 18.1. The third-order valence-corrected chi connectivity index (χ3v) is 6.40. The van der Waals surface area contributed by atoms with Crippen LogP contribution in [0.4, 0.5) is 9.18 Å². The van der Waals surface area contributed by atoms with Crippen molar-refractivity contribution in [3.05, 3.63) is 77.5 Å². The van der Waals surface area contributed by atoms with Crippen LogP contribution in [0.1, 0.15) is 43.8 Å². The Bertz CT molecular complexity index is 1400. The Kier molecular flexibility index (Phi) is 6.06. The molecule has 1 amide bonds. The zero-order valence-electron chi connectivity index (χ0n) is 19.6. The number of alkyl carbamates (subject to hydrolysis) is 1. The number of hydrogen-bond donors (Lipinski definition) is 2. The van der Waals surface area contributed by atoms with Gasteiger partial charge in [0.2, 0.25) is 5.16 Å². The van der Waals surface area contributed by atoms with Gasteiger partial charge in [-0.3, -0.25) is 0 Å². The molecule has 1 atom stereocenters. The van der Waals surface area contributed by atoms with E-state index in [1.807, 2.05) is 51.2 Å². The summed E-state index contributed by atoms with van der Waals surface area (Å²) >= 11 is 1.49. The maximum absolute atomic E-state index is 13.4. The molecule has 1 aliphatic rings. The number of carbonyl (C=O) groups is 1. The highest BCUT2D eigenvalue weighted by molar-refractivity contribution is 7.99. The van der Waals surface area contributed by atoms with Crippen molar-refractivity contribution in [2.75, 3.05) is 5.75 Å². The molecule has 2 aromatic carbocycles. The number of aromatic amines is 1. The first-order valence-corrected chi connectivity index (χ1v) is 12.2. The summed E-state index contributed by atoms with van der Waals surface area (Å²) in [5.41, 5.74) is 2.96. The van der Waals surface area contributed by atoms with Crippen LogP contribution in [0.25, 0.3) is 10.9 Å². The van der Waals surface area contributed by atoms with Crippen LogP contribution in [0.2, 0.25) is 0 Å². The number of ether oxygens (including phenoxy) is 1. The van der Waals surface area contributed by atoms with Crippen LogP contribution in [0.15, 0.2) is 65.0 Å². The number of rotatable bonds is 5. The van der Waals surface area contributed by atoms with E-state index in [2.05, 4.69) is 20.5 Å². The third-order valence-electron chi connectivity index (χ3n) is 5.47. The Morgan fingerprint density at radius 2 is 1.97 bits per heavy atom. The topological polar surface area (TPSA) is 97.2 Å². The molecule has 0 spiro atoms. The molecule has 0 bridgehead atoms. The average Bonchev–Trinajstić information content (AvgIpc) is 3.42. The van der Waals surface area contributed by atoms with Gasteiger partial charge in [0.25, 0.3) is 0 Å². The number of amides is 1.